The van der Waals surface area contributed by atoms with Crippen molar-refractivity contribution in [1.29, 1.82) is 0 Å². The van der Waals surface area contributed by atoms with Crippen LogP contribution in [0.5, 0.6) is 17.2 Å². The van der Waals surface area contributed by atoms with Crippen LogP contribution < -0.4 is 13.7 Å². The van der Waals surface area contributed by atoms with Crippen LogP contribution in [0.1, 0.15) is 11.1 Å². The summed E-state index contributed by atoms with van der Waals surface area (Å²) in [5.74, 6) is 0.470. The summed E-state index contributed by atoms with van der Waals surface area (Å²) >= 11 is 0.828. The van der Waals surface area contributed by atoms with E-state index in [9.17, 15) is 18.0 Å². The molecule has 2 amide bonds. The van der Waals surface area contributed by atoms with Crippen LogP contribution in [-0.2, 0) is 14.9 Å². The third-order valence-electron chi connectivity index (χ3n) is 4.17. The van der Waals surface area contributed by atoms with E-state index in [4.69, 9.17) is 13.7 Å². The Bertz CT molecular complexity index is 1140. The van der Waals surface area contributed by atoms with Crippen molar-refractivity contribution in [3.63, 3.8) is 0 Å². The highest BCUT2D eigenvalue weighted by Crippen LogP contribution is 2.34. The molecule has 1 saturated heterocycles. The number of amides is 2. The summed E-state index contributed by atoms with van der Waals surface area (Å²) in [4.78, 5) is 26.3. The number of thioether (sulfide) groups is 1. The SMILES string of the molecule is COc1cc(/C=C2\SC(=O)N(CCOc3cccc(C)c3)C2=O)ccc1OS(C)(=O)=O. The lowest BCUT2D eigenvalue weighted by atomic mass is 10.2. The van der Waals surface area contributed by atoms with Crippen LogP contribution in [0.2, 0.25) is 0 Å². The Morgan fingerprint density at radius 1 is 1.10 bits per heavy atom. The predicted molar refractivity (Wildman–Crippen MR) is 118 cm³/mol. The first kappa shape index (κ1) is 22.7. The number of carbonyl (C=O) groups excluding carboxylic acids is 2. The Morgan fingerprint density at radius 2 is 1.87 bits per heavy atom. The van der Waals surface area contributed by atoms with Crippen LogP contribution >= 0.6 is 11.8 Å². The number of methoxy groups -OCH3 is 1. The van der Waals surface area contributed by atoms with Gasteiger partial charge in [-0.2, -0.15) is 8.42 Å². The van der Waals surface area contributed by atoms with Crippen LogP contribution in [0, 0.1) is 6.92 Å². The lowest BCUT2D eigenvalue weighted by Gasteiger charge is -2.13. The fourth-order valence-corrected chi connectivity index (χ4v) is 4.14. The molecule has 8 nitrogen and oxygen atoms in total. The van der Waals surface area contributed by atoms with E-state index in [1.807, 2.05) is 31.2 Å². The Morgan fingerprint density at radius 3 is 2.55 bits per heavy atom. The van der Waals surface area contributed by atoms with E-state index in [0.717, 1.165) is 28.5 Å². The molecule has 0 saturated carbocycles. The van der Waals surface area contributed by atoms with Gasteiger partial charge >= 0.3 is 10.1 Å². The summed E-state index contributed by atoms with van der Waals surface area (Å²) in [6, 6.07) is 12.0. The molecule has 2 aromatic carbocycles. The second-order valence-electron chi connectivity index (χ2n) is 6.70. The van der Waals surface area contributed by atoms with Gasteiger partial charge in [-0.15, -0.1) is 0 Å². The molecular formula is C21H21NO7S2. The number of benzene rings is 2. The van der Waals surface area contributed by atoms with Gasteiger partial charge < -0.3 is 13.7 Å². The van der Waals surface area contributed by atoms with Gasteiger partial charge in [0.1, 0.15) is 12.4 Å². The van der Waals surface area contributed by atoms with Crippen molar-refractivity contribution in [3.05, 3.63) is 58.5 Å². The highest BCUT2D eigenvalue weighted by molar-refractivity contribution is 8.18. The Balaban J connectivity index is 1.69. The van der Waals surface area contributed by atoms with Crippen molar-refractivity contribution in [3.8, 4) is 17.2 Å². The zero-order valence-corrected chi connectivity index (χ0v) is 18.8. The van der Waals surface area contributed by atoms with Crippen molar-refractivity contribution >= 4 is 39.1 Å². The number of imide groups is 1. The second-order valence-corrected chi connectivity index (χ2v) is 9.26. The third kappa shape index (κ3) is 6.02. The standard InChI is InChI=1S/C21H21NO7S2/c1-14-5-4-6-16(11-14)28-10-9-22-20(23)19(30-21(22)24)13-15-7-8-17(18(12-15)27-2)29-31(3,25)26/h4-8,11-13H,9-10H2,1-3H3/b19-13-. The molecule has 1 aliphatic heterocycles. The van der Waals surface area contributed by atoms with Gasteiger partial charge in [-0.1, -0.05) is 18.2 Å². The van der Waals surface area contributed by atoms with E-state index in [0.29, 0.717) is 11.3 Å². The maximum Gasteiger partial charge on any atom is 0.306 e. The first-order valence-corrected chi connectivity index (χ1v) is 11.8. The topological polar surface area (TPSA) is 99.2 Å². The smallest absolute Gasteiger partial charge is 0.306 e. The fraction of sp³-hybridized carbons (Fsp3) is 0.238. The van der Waals surface area contributed by atoms with E-state index >= 15 is 0 Å². The summed E-state index contributed by atoms with van der Waals surface area (Å²) in [7, 11) is -2.35. The number of ether oxygens (including phenoxy) is 2. The number of hydrogen-bond acceptors (Lipinski definition) is 8. The summed E-state index contributed by atoms with van der Waals surface area (Å²) in [5.41, 5.74) is 1.61. The molecule has 10 heteroatoms. The molecule has 164 valence electrons. The maximum atomic E-state index is 12.7. The minimum atomic E-state index is -3.72. The van der Waals surface area contributed by atoms with Crippen molar-refractivity contribution in [1.82, 2.24) is 4.90 Å². The van der Waals surface area contributed by atoms with E-state index < -0.39 is 16.0 Å². The van der Waals surface area contributed by atoms with E-state index in [2.05, 4.69) is 0 Å². The lowest BCUT2D eigenvalue weighted by Crippen LogP contribution is -2.32. The highest BCUT2D eigenvalue weighted by Gasteiger charge is 2.34. The third-order valence-corrected chi connectivity index (χ3v) is 5.56. The molecule has 0 atom stereocenters. The zero-order valence-electron chi connectivity index (χ0n) is 17.2. The van der Waals surface area contributed by atoms with Crippen LogP contribution in [0.3, 0.4) is 0 Å². The fourth-order valence-electron chi connectivity index (χ4n) is 2.81. The quantitative estimate of drug-likeness (QED) is 0.434. The molecule has 2 aromatic rings. The van der Waals surface area contributed by atoms with Gasteiger partial charge in [-0.3, -0.25) is 14.5 Å². The number of aryl methyl sites for hydroxylation is 1. The maximum absolute atomic E-state index is 12.7. The van der Waals surface area contributed by atoms with E-state index in [-0.39, 0.29) is 34.8 Å². The molecule has 0 spiro atoms. The molecule has 1 aliphatic rings. The minimum Gasteiger partial charge on any atom is -0.493 e. The molecule has 0 N–H and O–H groups in total. The van der Waals surface area contributed by atoms with Crippen molar-refractivity contribution in [2.45, 2.75) is 6.92 Å². The van der Waals surface area contributed by atoms with Gasteiger partial charge in [0.15, 0.2) is 11.5 Å². The number of nitrogens with zero attached hydrogens (tertiary/aromatic N) is 1. The van der Waals surface area contributed by atoms with Crippen LogP contribution in [0.4, 0.5) is 4.79 Å². The second kappa shape index (κ2) is 9.44. The average molecular weight is 464 g/mol. The molecule has 31 heavy (non-hydrogen) atoms. The van der Waals surface area contributed by atoms with Gasteiger partial charge in [0.2, 0.25) is 0 Å². The summed E-state index contributed by atoms with van der Waals surface area (Å²) < 4.78 is 38.4. The number of rotatable bonds is 8. The van der Waals surface area contributed by atoms with Crippen molar-refractivity contribution in [2.24, 2.45) is 0 Å². The number of hydrogen-bond donors (Lipinski definition) is 0. The normalized spacial score (nSPS) is 15.5. The molecule has 0 unspecified atom stereocenters. The van der Waals surface area contributed by atoms with Gasteiger partial charge in [-0.05, 0) is 60.2 Å². The van der Waals surface area contributed by atoms with Gasteiger partial charge in [0.05, 0.1) is 24.8 Å². The molecule has 0 aromatic heterocycles. The molecular weight excluding hydrogens is 442 g/mol. The summed E-state index contributed by atoms with van der Waals surface area (Å²) in [6.07, 6.45) is 2.47. The Labute approximate surface area is 184 Å². The predicted octanol–water partition coefficient (Wildman–Crippen LogP) is 3.46. The van der Waals surface area contributed by atoms with E-state index in [1.165, 1.54) is 19.2 Å². The summed E-state index contributed by atoms with van der Waals surface area (Å²) in [5, 5.41) is -0.381. The van der Waals surface area contributed by atoms with E-state index in [1.54, 1.807) is 12.1 Å². The zero-order chi connectivity index (χ0) is 22.6. The summed E-state index contributed by atoms with van der Waals surface area (Å²) in [6.45, 7) is 2.25. The molecule has 0 radical (unpaired) electrons. The molecule has 3 rings (SSSR count). The van der Waals surface area contributed by atoms with Gasteiger partial charge in [0, 0.05) is 0 Å². The highest BCUT2D eigenvalue weighted by atomic mass is 32.2. The minimum absolute atomic E-state index is 0.0311. The van der Waals surface area contributed by atoms with Crippen LogP contribution in [0.15, 0.2) is 47.4 Å². The van der Waals surface area contributed by atoms with Gasteiger partial charge in [-0.25, -0.2) is 0 Å². The van der Waals surface area contributed by atoms with Gasteiger partial charge in [0.25, 0.3) is 11.1 Å². The van der Waals surface area contributed by atoms with Crippen molar-refractivity contribution in [2.75, 3.05) is 26.5 Å². The Hall–Kier alpha value is -2.98. The first-order chi connectivity index (χ1) is 14.7. The lowest BCUT2D eigenvalue weighted by molar-refractivity contribution is -0.123. The first-order valence-electron chi connectivity index (χ1n) is 9.18. The van der Waals surface area contributed by atoms with Crippen LogP contribution in [-0.4, -0.2) is 51.0 Å². The molecule has 0 bridgehead atoms. The average Bonchev–Trinajstić information content (AvgIpc) is 2.95. The largest absolute Gasteiger partial charge is 0.493 e. The molecule has 1 heterocycles. The Kier molecular flexibility index (Phi) is 6.91. The van der Waals surface area contributed by atoms with Crippen LogP contribution in [0.25, 0.3) is 6.08 Å². The molecule has 1 fully saturated rings. The van der Waals surface area contributed by atoms with Crippen molar-refractivity contribution < 1.29 is 31.7 Å². The number of carbonyl (C=O) groups is 2. The molecule has 0 aliphatic carbocycles. The monoisotopic (exact) mass is 463 g/mol.